The van der Waals surface area contributed by atoms with E-state index in [4.69, 9.17) is 16.2 Å². The molecule has 0 spiro atoms. The Labute approximate surface area is 122 Å². The van der Waals surface area contributed by atoms with E-state index in [9.17, 15) is 9.59 Å². The number of ether oxygens (including phenoxy) is 1. The summed E-state index contributed by atoms with van der Waals surface area (Å²) in [6, 6.07) is 16.8. The summed E-state index contributed by atoms with van der Waals surface area (Å²) in [7, 11) is 0. The van der Waals surface area contributed by atoms with E-state index in [1.165, 1.54) is 0 Å². The highest BCUT2D eigenvalue weighted by Crippen LogP contribution is 2.20. The molecule has 0 saturated heterocycles. The molecule has 0 radical (unpaired) electrons. The van der Waals surface area contributed by atoms with Crippen LogP contribution in [0.3, 0.4) is 0 Å². The zero-order valence-electron chi connectivity index (χ0n) is 11.4. The average Bonchev–Trinajstić information content (AvgIpc) is 2.53. The van der Waals surface area contributed by atoms with Crippen molar-refractivity contribution in [3.8, 4) is 11.1 Å². The molecule has 2 aromatic rings. The first-order valence-corrected chi connectivity index (χ1v) is 6.47. The molecule has 4 N–H and O–H groups in total. The molecule has 1 amide bonds. The third-order valence-electron chi connectivity index (χ3n) is 3.04. The number of carbonyl (C=O) groups is 2. The minimum absolute atomic E-state index is 0.109. The Balaban J connectivity index is 2.18. The van der Waals surface area contributed by atoms with Crippen LogP contribution < -0.4 is 11.5 Å². The number of nitrogens with two attached hydrogens (primary N) is 2. The monoisotopic (exact) mass is 284 g/mol. The fourth-order valence-corrected chi connectivity index (χ4v) is 1.99. The molecule has 2 aromatic carbocycles. The van der Waals surface area contributed by atoms with E-state index in [0.717, 1.165) is 11.1 Å². The van der Waals surface area contributed by atoms with E-state index < -0.39 is 12.2 Å². The third kappa shape index (κ3) is 3.67. The van der Waals surface area contributed by atoms with Gasteiger partial charge in [0.25, 0.3) is 0 Å². The van der Waals surface area contributed by atoms with Crippen LogP contribution in [0.4, 0.5) is 4.79 Å². The van der Waals surface area contributed by atoms with Crippen LogP contribution in [0.15, 0.2) is 54.6 Å². The van der Waals surface area contributed by atoms with Crippen LogP contribution in [0.1, 0.15) is 10.4 Å². The first kappa shape index (κ1) is 14.7. The number of benzene rings is 2. The molecule has 0 bridgehead atoms. The van der Waals surface area contributed by atoms with Crippen molar-refractivity contribution in [1.82, 2.24) is 0 Å². The molecule has 0 heterocycles. The van der Waals surface area contributed by atoms with Gasteiger partial charge in [0.2, 0.25) is 5.78 Å². The van der Waals surface area contributed by atoms with Crippen molar-refractivity contribution in [3.05, 3.63) is 60.2 Å². The molecule has 1 atom stereocenters. The van der Waals surface area contributed by atoms with Gasteiger partial charge in [0.15, 0.2) is 6.10 Å². The second-order valence-electron chi connectivity index (χ2n) is 4.47. The Hall–Kier alpha value is -2.66. The molecule has 0 saturated carbocycles. The first-order chi connectivity index (χ1) is 10.1. The van der Waals surface area contributed by atoms with Crippen molar-refractivity contribution in [1.29, 1.82) is 0 Å². The number of hydrogen-bond acceptors (Lipinski definition) is 4. The lowest BCUT2D eigenvalue weighted by molar-refractivity contribution is 0.0674. The smallest absolute Gasteiger partial charge is 0.405 e. The minimum atomic E-state index is -1.05. The van der Waals surface area contributed by atoms with Crippen molar-refractivity contribution in [2.75, 3.05) is 6.54 Å². The number of amides is 1. The number of primary amides is 1. The number of ketones is 1. The molecule has 0 aliphatic rings. The summed E-state index contributed by atoms with van der Waals surface area (Å²) in [5.41, 5.74) is 12.8. The standard InChI is InChI=1S/C16H16N2O3/c17-10-14(21-16(18)20)15(19)13-8-6-12(7-9-13)11-4-2-1-3-5-11/h1-9,14H,10,17H2,(H2,18,20)/t14-/m1/s1. The molecule has 5 heteroatoms. The summed E-state index contributed by atoms with van der Waals surface area (Å²) < 4.78 is 4.69. The molecule has 0 aliphatic carbocycles. The van der Waals surface area contributed by atoms with Crippen molar-refractivity contribution in [2.45, 2.75) is 6.10 Å². The lowest BCUT2D eigenvalue weighted by Gasteiger charge is -2.13. The third-order valence-corrected chi connectivity index (χ3v) is 3.04. The van der Waals surface area contributed by atoms with Gasteiger partial charge < -0.3 is 16.2 Å². The fraction of sp³-hybridized carbons (Fsp3) is 0.125. The maximum atomic E-state index is 12.1. The van der Waals surface area contributed by atoms with Crippen molar-refractivity contribution in [3.63, 3.8) is 0 Å². The van der Waals surface area contributed by atoms with Gasteiger partial charge in [0, 0.05) is 12.1 Å². The SMILES string of the molecule is NC[C@@H](OC(N)=O)C(=O)c1ccc(-c2ccccc2)cc1. The second-order valence-corrected chi connectivity index (χ2v) is 4.47. The molecule has 0 fully saturated rings. The van der Waals surface area contributed by atoms with Gasteiger partial charge in [-0.25, -0.2) is 4.79 Å². The lowest BCUT2D eigenvalue weighted by atomic mass is 10.0. The number of rotatable bonds is 5. The number of carbonyl (C=O) groups excluding carboxylic acids is 2. The normalized spacial score (nSPS) is 11.7. The summed E-state index contributed by atoms with van der Waals surface area (Å²) in [4.78, 5) is 22.9. The Morgan fingerprint density at radius 2 is 1.52 bits per heavy atom. The summed E-state index contributed by atoms with van der Waals surface area (Å²) in [6.45, 7) is -0.109. The first-order valence-electron chi connectivity index (χ1n) is 6.47. The lowest BCUT2D eigenvalue weighted by Crippen LogP contribution is -2.36. The Morgan fingerprint density at radius 1 is 0.952 bits per heavy atom. The minimum Gasteiger partial charge on any atom is -0.437 e. The maximum Gasteiger partial charge on any atom is 0.405 e. The topological polar surface area (TPSA) is 95.4 Å². The molecular weight excluding hydrogens is 268 g/mol. The molecule has 0 aromatic heterocycles. The highest BCUT2D eigenvalue weighted by molar-refractivity contribution is 6.00. The van der Waals surface area contributed by atoms with E-state index in [-0.39, 0.29) is 12.3 Å². The van der Waals surface area contributed by atoms with Gasteiger partial charge in [-0.2, -0.15) is 0 Å². The highest BCUT2D eigenvalue weighted by Gasteiger charge is 2.21. The van der Waals surface area contributed by atoms with Gasteiger partial charge in [0.1, 0.15) is 0 Å². The van der Waals surface area contributed by atoms with Crippen LogP contribution in [0.25, 0.3) is 11.1 Å². The van der Waals surface area contributed by atoms with E-state index >= 15 is 0 Å². The zero-order valence-corrected chi connectivity index (χ0v) is 11.4. The average molecular weight is 284 g/mol. The quantitative estimate of drug-likeness (QED) is 0.820. The molecule has 5 nitrogen and oxygen atoms in total. The van der Waals surface area contributed by atoms with Crippen LogP contribution in [0, 0.1) is 0 Å². The van der Waals surface area contributed by atoms with Crippen LogP contribution in [-0.2, 0) is 4.74 Å². The Kier molecular flexibility index (Phi) is 4.68. The van der Waals surface area contributed by atoms with Crippen molar-refractivity contribution >= 4 is 11.9 Å². The largest absolute Gasteiger partial charge is 0.437 e. The fourth-order valence-electron chi connectivity index (χ4n) is 1.99. The summed E-state index contributed by atoms with van der Waals surface area (Å²) >= 11 is 0. The van der Waals surface area contributed by atoms with Gasteiger partial charge in [-0.3, -0.25) is 4.79 Å². The number of Topliss-reactive ketones (excluding diaryl/α,β-unsaturated/α-hetero) is 1. The van der Waals surface area contributed by atoms with Gasteiger partial charge in [0.05, 0.1) is 0 Å². The summed E-state index contributed by atoms with van der Waals surface area (Å²) in [5, 5.41) is 0. The Morgan fingerprint density at radius 3 is 2.05 bits per heavy atom. The summed E-state index contributed by atoms with van der Waals surface area (Å²) in [6.07, 6.45) is -2.07. The zero-order chi connectivity index (χ0) is 15.2. The van der Waals surface area contributed by atoms with Gasteiger partial charge >= 0.3 is 6.09 Å². The van der Waals surface area contributed by atoms with Crippen LogP contribution >= 0.6 is 0 Å². The molecule has 108 valence electrons. The van der Waals surface area contributed by atoms with Gasteiger partial charge in [-0.05, 0) is 11.1 Å². The van der Waals surface area contributed by atoms with Crippen LogP contribution in [-0.4, -0.2) is 24.5 Å². The van der Waals surface area contributed by atoms with Crippen molar-refractivity contribution in [2.24, 2.45) is 11.5 Å². The highest BCUT2D eigenvalue weighted by atomic mass is 16.6. The molecule has 21 heavy (non-hydrogen) atoms. The molecular formula is C16H16N2O3. The molecule has 0 unspecified atom stereocenters. The van der Waals surface area contributed by atoms with Gasteiger partial charge in [-0.15, -0.1) is 0 Å². The van der Waals surface area contributed by atoms with Gasteiger partial charge in [-0.1, -0.05) is 54.6 Å². The summed E-state index contributed by atoms with van der Waals surface area (Å²) in [5.74, 6) is -0.365. The van der Waals surface area contributed by atoms with E-state index in [2.05, 4.69) is 0 Å². The number of hydrogen-bond donors (Lipinski definition) is 2. The van der Waals surface area contributed by atoms with Crippen LogP contribution in [0.5, 0.6) is 0 Å². The van der Waals surface area contributed by atoms with E-state index in [0.29, 0.717) is 5.56 Å². The molecule has 2 rings (SSSR count). The van der Waals surface area contributed by atoms with Crippen molar-refractivity contribution < 1.29 is 14.3 Å². The van der Waals surface area contributed by atoms with E-state index in [1.54, 1.807) is 12.1 Å². The predicted octanol–water partition coefficient (Wildman–Crippen LogP) is 1.96. The Bertz CT molecular complexity index is 624. The predicted molar refractivity (Wildman–Crippen MR) is 79.7 cm³/mol. The second kappa shape index (κ2) is 6.67. The maximum absolute atomic E-state index is 12.1. The van der Waals surface area contributed by atoms with Crippen LogP contribution in [0.2, 0.25) is 0 Å². The van der Waals surface area contributed by atoms with E-state index in [1.807, 2.05) is 42.5 Å². The molecule has 0 aliphatic heterocycles.